The summed E-state index contributed by atoms with van der Waals surface area (Å²) in [6.45, 7) is 0. The highest BCUT2D eigenvalue weighted by Gasteiger charge is 2.30. The molecule has 242 valence electrons. The Morgan fingerprint density at radius 2 is 0.521 bits per heavy atom. The van der Waals surface area contributed by atoms with Crippen molar-refractivity contribution < 1.29 is 0 Å². The first-order valence-corrected chi connectivity index (χ1v) is 18.1. The molecule has 0 heteroatoms. The molecule has 0 aliphatic rings. The zero-order chi connectivity index (χ0) is 32.6. The number of benzene rings is 6. The van der Waals surface area contributed by atoms with Crippen molar-refractivity contribution in [3.63, 3.8) is 0 Å². The van der Waals surface area contributed by atoms with Crippen molar-refractivity contribution in [1.29, 1.82) is 0 Å². The van der Waals surface area contributed by atoms with Gasteiger partial charge < -0.3 is 0 Å². The molecule has 6 rings (SSSR count). The minimum absolute atomic E-state index is 0.557. The van der Waals surface area contributed by atoms with Gasteiger partial charge in [0.05, 0.1) is 0 Å². The summed E-state index contributed by atoms with van der Waals surface area (Å²) in [6.07, 6.45) is 10.1. The highest BCUT2D eigenvalue weighted by molar-refractivity contribution is 5.26. The van der Waals surface area contributed by atoms with E-state index in [1.807, 2.05) is 0 Å². The zero-order valence-electron chi connectivity index (χ0n) is 28.3. The minimum Gasteiger partial charge on any atom is -0.0622 e. The topological polar surface area (TPSA) is 0 Å². The third kappa shape index (κ3) is 10.4. The molecule has 0 heterocycles. The molecule has 0 fully saturated rings. The predicted molar refractivity (Wildman–Crippen MR) is 204 cm³/mol. The molecule has 0 radical (unpaired) electrons. The average molecular weight is 627 g/mol. The number of rotatable bonds is 17. The fourth-order valence-electron chi connectivity index (χ4n) is 7.53. The maximum Gasteiger partial charge on any atom is -0.0238 e. The second-order valence-electron chi connectivity index (χ2n) is 13.6. The lowest BCUT2D eigenvalue weighted by Crippen LogP contribution is -2.30. The molecule has 0 amide bonds. The van der Waals surface area contributed by atoms with Crippen molar-refractivity contribution in [3.8, 4) is 0 Å². The molecule has 6 aromatic carbocycles. The van der Waals surface area contributed by atoms with Crippen LogP contribution >= 0.6 is 0 Å². The van der Waals surface area contributed by atoms with Crippen LogP contribution in [0.15, 0.2) is 176 Å². The summed E-state index contributed by atoms with van der Waals surface area (Å²) >= 11 is 0. The van der Waals surface area contributed by atoms with E-state index in [1.54, 1.807) is 0 Å². The van der Waals surface area contributed by atoms with Gasteiger partial charge in [0.25, 0.3) is 0 Å². The first-order valence-electron chi connectivity index (χ1n) is 18.1. The molecule has 0 aliphatic carbocycles. The summed E-state index contributed by atoms with van der Waals surface area (Å²) in [5.41, 5.74) is 10.1. The molecular weight excluding hydrogens is 577 g/mol. The second-order valence-corrected chi connectivity index (χ2v) is 13.6. The summed E-state index contributed by atoms with van der Waals surface area (Å²) in [5, 5.41) is 0. The molecule has 0 aliphatic heterocycles. The summed E-state index contributed by atoms with van der Waals surface area (Å²) in [6, 6.07) is 65.2. The zero-order valence-corrected chi connectivity index (χ0v) is 28.3. The van der Waals surface area contributed by atoms with Crippen molar-refractivity contribution in [1.82, 2.24) is 0 Å². The Morgan fingerprint density at radius 3 is 0.896 bits per heavy atom. The number of hydrogen-bond donors (Lipinski definition) is 0. The second kappa shape index (κ2) is 18.0. The Kier molecular flexibility index (Phi) is 12.5. The van der Waals surface area contributed by atoms with Crippen molar-refractivity contribution >= 4 is 0 Å². The first-order chi connectivity index (χ1) is 23.8. The summed E-state index contributed by atoms with van der Waals surface area (Å²) in [5.74, 6) is 1.69. The van der Waals surface area contributed by atoms with E-state index in [0.29, 0.717) is 17.8 Å². The third-order valence-electron chi connectivity index (χ3n) is 10.2. The number of aryl methyl sites for hydroxylation is 4. The van der Waals surface area contributed by atoms with Crippen molar-refractivity contribution in [2.24, 2.45) is 17.8 Å². The maximum atomic E-state index is 2.39. The highest BCUT2D eigenvalue weighted by Crippen LogP contribution is 2.36. The van der Waals surface area contributed by atoms with Gasteiger partial charge in [-0.05, 0) is 114 Å². The lowest BCUT2D eigenvalue weighted by molar-refractivity contribution is 0.198. The molecule has 0 bridgehead atoms. The van der Waals surface area contributed by atoms with Crippen LogP contribution in [0.25, 0.3) is 0 Å². The lowest BCUT2D eigenvalue weighted by atomic mass is 9.69. The van der Waals surface area contributed by atoms with E-state index < -0.39 is 0 Å². The Bertz CT molecular complexity index is 1710. The molecule has 0 saturated heterocycles. The van der Waals surface area contributed by atoms with Crippen LogP contribution in [0, 0.1) is 17.8 Å². The van der Waals surface area contributed by atoms with Gasteiger partial charge in [-0.15, -0.1) is 0 Å². The van der Waals surface area contributed by atoms with Gasteiger partial charge in [0.1, 0.15) is 0 Å². The molecule has 48 heavy (non-hydrogen) atoms. The normalized spacial score (nSPS) is 13.1. The summed E-state index contributed by atoms with van der Waals surface area (Å²) in [7, 11) is 0. The molecular formula is C48H50. The third-order valence-corrected chi connectivity index (χ3v) is 10.2. The lowest BCUT2D eigenvalue weighted by Gasteiger charge is -2.35. The Labute approximate surface area is 289 Å². The fourth-order valence-corrected chi connectivity index (χ4v) is 7.53. The molecule has 0 N–H and O–H groups in total. The van der Waals surface area contributed by atoms with Crippen LogP contribution in [0.3, 0.4) is 0 Å². The van der Waals surface area contributed by atoms with E-state index in [0.717, 1.165) is 44.9 Å². The summed E-state index contributed by atoms with van der Waals surface area (Å²) in [4.78, 5) is 0. The van der Waals surface area contributed by atoms with Crippen LogP contribution in [0.4, 0.5) is 0 Å². The highest BCUT2D eigenvalue weighted by atomic mass is 14.3. The first kappa shape index (κ1) is 33.2. The van der Waals surface area contributed by atoms with Crippen LogP contribution in [0.2, 0.25) is 0 Å². The van der Waals surface area contributed by atoms with Crippen LogP contribution in [0.5, 0.6) is 0 Å². The fraction of sp³-hybridized carbons (Fsp3) is 0.250. The molecule has 0 aromatic heterocycles. The van der Waals surface area contributed by atoms with E-state index in [1.165, 1.54) is 51.8 Å². The van der Waals surface area contributed by atoms with Crippen molar-refractivity contribution in [2.75, 3.05) is 0 Å². The van der Waals surface area contributed by atoms with E-state index in [2.05, 4.69) is 176 Å². The van der Waals surface area contributed by atoms with E-state index in [4.69, 9.17) is 0 Å². The molecule has 3 unspecified atom stereocenters. The van der Waals surface area contributed by atoms with Crippen LogP contribution < -0.4 is 0 Å². The van der Waals surface area contributed by atoms with Gasteiger partial charge in [-0.2, -0.15) is 0 Å². The maximum absolute atomic E-state index is 2.39. The average Bonchev–Trinajstić information content (AvgIpc) is 3.16. The largest absolute Gasteiger partial charge is 0.0622 e. The van der Waals surface area contributed by atoms with Crippen LogP contribution in [0.1, 0.15) is 51.8 Å². The quantitative estimate of drug-likeness (QED) is 0.0945. The van der Waals surface area contributed by atoms with Gasteiger partial charge in [-0.3, -0.25) is 0 Å². The van der Waals surface area contributed by atoms with Gasteiger partial charge in [0.2, 0.25) is 0 Å². The smallest absolute Gasteiger partial charge is 0.0238 e. The van der Waals surface area contributed by atoms with Crippen molar-refractivity contribution in [2.45, 2.75) is 57.8 Å². The van der Waals surface area contributed by atoms with E-state index in [9.17, 15) is 0 Å². The molecule has 0 spiro atoms. The van der Waals surface area contributed by atoms with E-state index in [-0.39, 0.29) is 0 Å². The standard InChI is InChI=1S/C48H50/c1-6-16-39(17-7-1)26-27-41-28-30-42(31-29-41)33-35-47(37-44-22-12-4-13-23-44)48(38-45-24-14-5-15-25-45)46(36-43-20-10-3-11-21-43)34-32-40-18-8-2-9-19-40/h1-25,28-31,46-48H,26-27,32-38H2. The van der Waals surface area contributed by atoms with Crippen LogP contribution in [-0.2, 0) is 44.9 Å². The monoisotopic (exact) mass is 626 g/mol. The van der Waals surface area contributed by atoms with Gasteiger partial charge in [-0.25, -0.2) is 0 Å². The van der Waals surface area contributed by atoms with Gasteiger partial charge in [0, 0.05) is 0 Å². The molecule has 6 aromatic rings. The SMILES string of the molecule is c1ccc(CCc2ccc(CCC(Cc3ccccc3)C(Cc3ccccc3)C(CCc3ccccc3)Cc3ccccc3)cc2)cc1. The predicted octanol–water partition coefficient (Wildman–Crippen LogP) is 11.6. The van der Waals surface area contributed by atoms with E-state index >= 15 is 0 Å². The van der Waals surface area contributed by atoms with Gasteiger partial charge >= 0.3 is 0 Å². The Balaban J connectivity index is 1.26. The molecule has 0 nitrogen and oxygen atoms in total. The summed E-state index contributed by atoms with van der Waals surface area (Å²) < 4.78 is 0. The van der Waals surface area contributed by atoms with Gasteiger partial charge in [0.15, 0.2) is 0 Å². The number of hydrogen-bond acceptors (Lipinski definition) is 0. The van der Waals surface area contributed by atoms with Crippen molar-refractivity contribution in [3.05, 3.63) is 215 Å². The molecule has 0 saturated carbocycles. The Hall–Kier alpha value is -4.68. The van der Waals surface area contributed by atoms with Crippen LogP contribution in [-0.4, -0.2) is 0 Å². The van der Waals surface area contributed by atoms with Gasteiger partial charge in [-0.1, -0.05) is 176 Å². The Morgan fingerprint density at radius 1 is 0.250 bits per heavy atom. The molecule has 3 atom stereocenters. The minimum atomic E-state index is 0.557.